The summed E-state index contributed by atoms with van der Waals surface area (Å²) in [6, 6.07) is 7.18. The Morgan fingerprint density at radius 1 is 1.23 bits per heavy atom. The van der Waals surface area contributed by atoms with Gasteiger partial charge in [0.25, 0.3) is 0 Å². The topological polar surface area (TPSA) is 33.4 Å². The minimum absolute atomic E-state index is 0.247. The van der Waals surface area contributed by atoms with Gasteiger partial charge in [0.05, 0.1) is 0 Å². The first-order valence-corrected chi connectivity index (χ1v) is 4.39. The summed E-state index contributed by atoms with van der Waals surface area (Å²) in [6.07, 6.45) is 0. The Balaban J connectivity index is 2.62. The minimum atomic E-state index is 0.247. The van der Waals surface area contributed by atoms with Gasteiger partial charge in [-0.1, -0.05) is 13.8 Å². The quantitative estimate of drug-likeness (QED) is 0.723. The molecule has 2 nitrogen and oxygen atoms in total. The van der Waals surface area contributed by atoms with Gasteiger partial charge in [0, 0.05) is 17.4 Å². The predicted octanol–water partition coefficient (Wildman–Crippen LogP) is 3.26. The highest BCUT2D eigenvalue weighted by molar-refractivity contribution is 5.79. The molecule has 0 aliphatic carbocycles. The molecule has 2 rings (SSSR count). The molecule has 0 saturated heterocycles. The lowest BCUT2D eigenvalue weighted by Crippen LogP contribution is -1.79. The molecule has 2 heteroatoms. The first-order valence-electron chi connectivity index (χ1n) is 4.39. The van der Waals surface area contributed by atoms with E-state index in [0.29, 0.717) is 5.92 Å². The highest BCUT2D eigenvalue weighted by Crippen LogP contribution is 2.27. The third-order valence-corrected chi connectivity index (χ3v) is 2.09. The van der Waals surface area contributed by atoms with E-state index >= 15 is 0 Å². The standard InChI is InChI=1S/C11H12O2/c1-7(2)10-5-8-3-4-9(12)6-11(8)13-10/h3-7,12H,1-2H3. The fraction of sp³-hybridized carbons (Fsp3) is 0.273. The lowest BCUT2D eigenvalue weighted by molar-refractivity contribution is 0.472. The van der Waals surface area contributed by atoms with E-state index in [-0.39, 0.29) is 5.75 Å². The van der Waals surface area contributed by atoms with E-state index in [2.05, 4.69) is 13.8 Å². The van der Waals surface area contributed by atoms with Crippen molar-refractivity contribution in [3.05, 3.63) is 30.0 Å². The highest BCUT2D eigenvalue weighted by atomic mass is 16.3. The van der Waals surface area contributed by atoms with Crippen LogP contribution < -0.4 is 0 Å². The van der Waals surface area contributed by atoms with Gasteiger partial charge in [-0.3, -0.25) is 0 Å². The van der Waals surface area contributed by atoms with Crippen LogP contribution in [-0.2, 0) is 0 Å². The lowest BCUT2D eigenvalue weighted by atomic mass is 10.1. The average molecular weight is 176 g/mol. The molecule has 0 atom stereocenters. The van der Waals surface area contributed by atoms with Crippen molar-refractivity contribution < 1.29 is 9.52 Å². The van der Waals surface area contributed by atoms with Crippen molar-refractivity contribution in [2.45, 2.75) is 19.8 Å². The SMILES string of the molecule is CC(C)c1cc2ccc(O)cc2o1. The van der Waals surface area contributed by atoms with Crippen molar-refractivity contribution in [1.29, 1.82) is 0 Å². The number of hydrogen-bond acceptors (Lipinski definition) is 2. The molecule has 1 heterocycles. The van der Waals surface area contributed by atoms with E-state index in [9.17, 15) is 5.11 Å². The largest absolute Gasteiger partial charge is 0.508 e. The molecular weight excluding hydrogens is 164 g/mol. The highest BCUT2D eigenvalue weighted by Gasteiger charge is 2.06. The van der Waals surface area contributed by atoms with Crippen LogP contribution in [0.1, 0.15) is 25.5 Å². The van der Waals surface area contributed by atoms with Crippen molar-refractivity contribution in [3.63, 3.8) is 0 Å². The molecule has 0 amide bonds. The summed E-state index contributed by atoms with van der Waals surface area (Å²) in [7, 11) is 0. The molecule has 0 spiro atoms. The molecule has 0 radical (unpaired) electrons. The van der Waals surface area contributed by atoms with Crippen LogP contribution >= 0.6 is 0 Å². The number of furan rings is 1. The van der Waals surface area contributed by atoms with Gasteiger partial charge in [-0.2, -0.15) is 0 Å². The lowest BCUT2D eigenvalue weighted by Gasteiger charge is -1.95. The summed E-state index contributed by atoms with van der Waals surface area (Å²) in [5.74, 6) is 1.59. The van der Waals surface area contributed by atoms with Gasteiger partial charge < -0.3 is 9.52 Å². The number of phenols is 1. The molecule has 0 aliphatic rings. The maximum Gasteiger partial charge on any atom is 0.137 e. The second kappa shape index (κ2) is 2.80. The van der Waals surface area contributed by atoms with Crippen LogP contribution in [0.4, 0.5) is 0 Å². The Labute approximate surface area is 76.8 Å². The minimum Gasteiger partial charge on any atom is -0.508 e. The van der Waals surface area contributed by atoms with E-state index in [1.165, 1.54) is 0 Å². The number of hydrogen-bond donors (Lipinski definition) is 1. The smallest absolute Gasteiger partial charge is 0.137 e. The molecule has 1 N–H and O–H groups in total. The van der Waals surface area contributed by atoms with E-state index in [0.717, 1.165) is 16.7 Å². The second-order valence-electron chi connectivity index (χ2n) is 3.53. The summed E-state index contributed by atoms with van der Waals surface area (Å²) in [6.45, 7) is 4.16. The van der Waals surface area contributed by atoms with Crippen LogP contribution in [0, 0.1) is 0 Å². The van der Waals surface area contributed by atoms with Gasteiger partial charge in [0.1, 0.15) is 17.1 Å². The maximum atomic E-state index is 9.22. The van der Waals surface area contributed by atoms with E-state index in [4.69, 9.17) is 4.42 Å². The molecule has 68 valence electrons. The molecule has 0 fully saturated rings. The monoisotopic (exact) mass is 176 g/mol. The first-order chi connectivity index (χ1) is 6.16. The van der Waals surface area contributed by atoms with Crippen molar-refractivity contribution in [2.75, 3.05) is 0 Å². The fourth-order valence-corrected chi connectivity index (χ4v) is 1.32. The zero-order valence-corrected chi connectivity index (χ0v) is 7.74. The normalized spacial score (nSPS) is 11.3. The summed E-state index contributed by atoms with van der Waals surface area (Å²) >= 11 is 0. The summed E-state index contributed by atoms with van der Waals surface area (Å²) in [5.41, 5.74) is 0.753. The van der Waals surface area contributed by atoms with Gasteiger partial charge in [-0.25, -0.2) is 0 Å². The summed E-state index contributed by atoms with van der Waals surface area (Å²) in [4.78, 5) is 0. The number of rotatable bonds is 1. The average Bonchev–Trinajstić information content (AvgIpc) is 2.46. The first kappa shape index (κ1) is 8.17. The molecule has 2 aromatic rings. The van der Waals surface area contributed by atoms with Crippen molar-refractivity contribution in [2.24, 2.45) is 0 Å². The second-order valence-corrected chi connectivity index (χ2v) is 3.53. The molecule has 1 aromatic carbocycles. The number of fused-ring (bicyclic) bond motifs is 1. The Morgan fingerprint density at radius 3 is 2.69 bits per heavy atom. The van der Waals surface area contributed by atoms with Crippen molar-refractivity contribution in [3.8, 4) is 5.75 Å². The number of benzene rings is 1. The molecule has 13 heavy (non-hydrogen) atoms. The van der Waals surface area contributed by atoms with Crippen LogP contribution in [0.15, 0.2) is 28.7 Å². The zero-order chi connectivity index (χ0) is 9.42. The Hall–Kier alpha value is -1.44. The fourth-order valence-electron chi connectivity index (χ4n) is 1.32. The van der Waals surface area contributed by atoms with Crippen LogP contribution in [0.25, 0.3) is 11.0 Å². The third kappa shape index (κ3) is 1.39. The van der Waals surface area contributed by atoms with Gasteiger partial charge in [0.2, 0.25) is 0 Å². The van der Waals surface area contributed by atoms with Gasteiger partial charge in [-0.05, 0) is 18.2 Å². The molecule has 0 saturated carbocycles. The number of aromatic hydroxyl groups is 1. The molecule has 0 unspecified atom stereocenters. The Bertz CT molecular complexity index is 427. The van der Waals surface area contributed by atoms with E-state index in [1.807, 2.05) is 12.1 Å². The molecule has 0 bridgehead atoms. The van der Waals surface area contributed by atoms with E-state index < -0.39 is 0 Å². The zero-order valence-electron chi connectivity index (χ0n) is 7.74. The third-order valence-electron chi connectivity index (χ3n) is 2.09. The van der Waals surface area contributed by atoms with Crippen molar-refractivity contribution >= 4 is 11.0 Å². The van der Waals surface area contributed by atoms with Crippen molar-refractivity contribution in [1.82, 2.24) is 0 Å². The predicted molar refractivity (Wildman–Crippen MR) is 52.0 cm³/mol. The van der Waals surface area contributed by atoms with Crippen LogP contribution in [0.5, 0.6) is 5.75 Å². The number of phenolic OH excluding ortho intramolecular Hbond substituents is 1. The van der Waals surface area contributed by atoms with Crippen LogP contribution in [-0.4, -0.2) is 5.11 Å². The van der Waals surface area contributed by atoms with Gasteiger partial charge >= 0.3 is 0 Å². The van der Waals surface area contributed by atoms with Gasteiger partial charge in [0.15, 0.2) is 0 Å². The Morgan fingerprint density at radius 2 is 2.00 bits per heavy atom. The molecule has 0 aliphatic heterocycles. The van der Waals surface area contributed by atoms with Gasteiger partial charge in [-0.15, -0.1) is 0 Å². The van der Waals surface area contributed by atoms with E-state index in [1.54, 1.807) is 12.1 Å². The summed E-state index contributed by atoms with van der Waals surface area (Å²) in [5, 5.41) is 10.3. The summed E-state index contributed by atoms with van der Waals surface area (Å²) < 4.78 is 5.55. The van der Waals surface area contributed by atoms with Crippen LogP contribution in [0.2, 0.25) is 0 Å². The molecule has 1 aromatic heterocycles. The molecular formula is C11H12O2. The van der Waals surface area contributed by atoms with Crippen LogP contribution in [0.3, 0.4) is 0 Å². The maximum absolute atomic E-state index is 9.22. The Kier molecular flexibility index (Phi) is 1.76.